The van der Waals surface area contributed by atoms with E-state index in [0.29, 0.717) is 12.8 Å². The van der Waals surface area contributed by atoms with Gasteiger partial charge in [0.25, 0.3) is 11.5 Å². The average molecular weight is 618 g/mol. The Morgan fingerprint density at radius 1 is 0.932 bits per heavy atom. The number of halogens is 1. The van der Waals surface area contributed by atoms with Gasteiger partial charge in [-0.1, -0.05) is 57.5 Å². The summed E-state index contributed by atoms with van der Waals surface area (Å²) in [6.07, 6.45) is 0.924. The molecular weight excluding hydrogens is 573 g/mol. The van der Waals surface area contributed by atoms with Crippen LogP contribution in [0.4, 0.5) is 4.39 Å². The van der Waals surface area contributed by atoms with Gasteiger partial charge in [-0.25, -0.2) is 4.79 Å². The first-order valence-electron chi connectivity index (χ1n) is 14.4. The number of aromatic amines is 2. The van der Waals surface area contributed by atoms with Crippen LogP contribution in [0.3, 0.4) is 0 Å². The third-order valence-electron chi connectivity index (χ3n) is 6.75. The Balaban J connectivity index is 2.06. The van der Waals surface area contributed by atoms with Crippen LogP contribution in [0.2, 0.25) is 0 Å². The number of carbonyl (C=O) groups is 4. The van der Waals surface area contributed by atoms with Gasteiger partial charge < -0.3 is 32.0 Å². The Labute approximate surface area is 255 Å². The van der Waals surface area contributed by atoms with E-state index >= 15 is 0 Å². The number of H-pyrrole nitrogens is 2. The minimum atomic E-state index is -1.50. The van der Waals surface area contributed by atoms with Gasteiger partial charge in [0.05, 0.1) is 0 Å². The Bertz CT molecular complexity index is 1450. The Morgan fingerprint density at radius 2 is 1.55 bits per heavy atom. The van der Waals surface area contributed by atoms with Crippen LogP contribution in [0.25, 0.3) is 0 Å². The Morgan fingerprint density at radius 3 is 2.11 bits per heavy atom. The van der Waals surface area contributed by atoms with E-state index in [4.69, 9.17) is 5.73 Å². The van der Waals surface area contributed by atoms with Crippen molar-refractivity contribution in [2.45, 2.75) is 85.0 Å². The number of aromatic nitrogens is 2. The molecule has 0 aliphatic rings. The van der Waals surface area contributed by atoms with Gasteiger partial charge in [0, 0.05) is 12.1 Å². The first kappa shape index (κ1) is 35.9. The molecule has 0 bridgehead atoms. The minimum Gasteiger partial charge on any atom is -0.349 e. The molecule has 8 N–H and O–H groups in total. The third-order valence-corrected chi connectivity index (χ3v) is 6.75. The Hall–Kier alpha value is -4.33. The molecule has 0 aliphatic carbocycles. The average Bonchev–Trinajstić information content (AvgIpc) is 2.91. The fourth-order valence-corrected chi connectivity index (χ4v) is 4.45. The van der Waals surface area contributed by atoms with Crippen LogP contribution in [0.1, 0.15) is 69.6 Å². The number of nitrogens with one attached hydrogen (secondary N) is 6. The lowest BCUT2D eigenvalue weighted by Crippen LogP contribution is -2.60. The van der Waals surface area contributed by atoms with Gasteiger partial charge in [-0.3, -0.25) is 29.0 Å². The molecule has 242 valence electrons. The predicted molar refractivity (Wildman–Crippen MR) is 163 cm³/mol. The highest BCUT2D eigenvalue weighted by atomic mass is 19.1. The van der Waals surface area contributed by atoms with E-state index in [1.807, 2.05) is 63.9 Å². The van der Waals surface area contributed by atoms with Crippen molar-refractivity contribution in [2.75, 3.05) is 6.54 Å². The number of benzene rings is 1. The van der Waals surface area contributed by atoms with Gasteiger partial charge in [-0.05, 0) is 51.0 Å². The highest BCUT2D eigenvalue weighted by Crippen LogP contribution is 2.15. The second kappa shape index (κ2) is 15.4. The second-order valence-electron chi connectivity index (χ2n) is 12.4. The number of nitrogens with two attached hydrogens (primary N) is 1. The summed E-state index contributed by atoms with van der Waals surface area (Å²) in [6.45, 7) is 12.5. The quantitative estimate of drug-likeness (QED) is 0.158. The summed E-state index contributed by atoms with van der Waals surface area (Å²) in [4.78, 5) is 78.1. The molecule has 44 heavy (non-hydrogen) atoms. The standard InChI is InChI=1S/C30H44FN7O6/c1-15(2)12-20(25(40)38-30(6,7)13-18-10-8-17(5)9-11-18)34-28(43)22(16(3)4)35-24(39)19(32)14-33-27(42)23-21(31)26(41)37-29(44)36-23/h8-11,15-16,19-20,22H,12-14,32H2,1-7H3,(H,33,42)(H,34,43)(H,35,39)(H,38,40)(H2,36,37,41,44)/t19-,20-,22-/m0/s1. The zero-order chi connectivity index (χ0) is 33.4. The number of aryl methyl sites for hydroxylation is 1. The van der Waals surface area contributed by atoms with Gasteiger partial charge in [-0.15, -0.1) is 0 Å². The molecule has 0 fully saturated rings. The lowest BCUT2D eigenvalue weighted by molar-refractivity contribution is -0.134. The molecule has 0 unspecified atom stereocenters. The molecule has 2 aromatic rings. The maximum atomic E-state index is 13.9. The molecule has 0 aliphatic heterocycles. The van der Waals surface area contributed by atoms with Gasteiger partial charge in [0.15, 0.2) is 0 Å². The summed E-state index contributed by atoms with van der Waals surface area (Å²) in [6, 6.07) is 4.69. The predicted octanol–water partition coefficient (Wildman–Crippen LogP) is 0.377. The molecular formula is C30H44FN7O6. The first-order chi connectivity index (χ1) is 20.4. The highest BCUT2D eigenvalue weighted by Gasteiger charge is 2.32. The van der Waals surface area contributed by atoms with Crippen LogP contribution < -0.4 is 38.2 Å². The number of hydrogen-bond acceptors (Lipinski definition) is 7. The van der Waals surface area contributed by atoms with Crippen molar-refractivity contribution in [1.82, 2.24) is 31.2 Å². The lowest BCUT2D eigenvalue weighted by Gasteiger charge is -2.31. The molecule has 13 nitrogen and oxygen atoms in total. The van der Waals surface area contributed by atoms with E-state index in [-0.39, 0.29) is 11.8 Å². The fourth-order valence-electron chi connectivity index (χ4n) is 4.45. The molecule has 4 amide bonds. The van der Waals surface area contributed by atoms with Crippen molar-refractivity contribution in [2.24, 2.45) is 17.6 Å². The molecule has 2 rings (SSSR count). The molecule has 1 heterocycles. The summed E-state index contributed by atoms with van der Waals surface area (Å²) in [7, 11) is 0. The van der Waals surface area contributed by atoms with Crippen LogP contribution in [-0.2, 0) is 20.8 Å². The molecule has 3 atom stereocenters. The fraction of sp³-hybridized carbons (Fsp3) is 0.533. The van der Waals surface area contributed by atoms with Gasteiger partial charge in [-0.2, -0.15) is 4.39 Å². The van der Waals surface area contributed by atoms with E-state index < -0.39 is 76.6 Å². The second-order valence-corrected chi connectivity index (χ2v) is 12.4. The summed E-state index contributed by atoms with van der Waals surface area (Å²) in [5.41, 5.74) is 4.07. The van der Waals surface area contributed by atoms with E-state index in [1.54, 1.807) is 18.8 Å². The van der Waals surface area contributed by atoms with Crippen LogP contribution in [0.5, 0.6) is 0 Å². The largest absolute Gasteiger partial charge is 0.349 e. The third kappa shape index (κ3) is 10.7. The van der Waals surface area contributed by atoms with Crippen LogP contribution in [-0.4, -0.2) is 63.8 Å². The summed E-state index contributed by atoms with van der Waals surface area (Å²) < 4.78 is 13.9. The molecule has 14 heteroatoms. The van der Waals surface area contributed by atoms with Crippen molar-refractivity contribution < 1.29 is 23.6 Å². The van der Waals surface area contributed by atoms with E-state index in [9.17, 15) is 33.2 Å². The smallest absolute Gasteiger partial charge is 0.326 e. The molecule has 1 aromatic heterocycles. The summed E-state index contributed by atoms with van der Waals surface area (Å²) in [5.74, 6) is -4.77. The summed E-state index contributed by atoms with van der Waals surface area (Å²) >= 11 is 0. The minimum absolute atomic E-state index is 0.0651. The van der Waals surface area contributed by atoms with Crippen LogP contribution in [0, 0.1) is 24.6 Å². The molecule has 0 radical (unpaired) electrons. The summed E-state index contributed by atoms with van der Waals surface area (Å²) in [5, 5.41) is 10.5. The maximum absolute atomic E-state index is 13.9. The normalized spacial score (nSPS) is 13.6. The topological polar surface area (TPSA) is 208 Å². The Kier molecular flexibility index (Phi) is 12.6. The monoisotopic (exact) mass is 617 g/mol. The first-order valence-corrected chi connectivity index (χ1v) is 14.4. The van der Waals surface area contributed by atoms with Gasteiger partial charge >= 0.3 is 5.69 Å². The maximum Gasteiger partial charge on any atom is 0.326 e. The van der Waals surface area contributed by atoms with E-state index in [1.165, 1.54) is 0 Å². The van der Waals surface area contributed by atoms with Crippen molar-refractivity contribution in [3.63, 3.8) is 0 Å². The van der Waals surface area contributed by atoms with Crippen LogP contribution in [0.15, 0.2) is 33.9 Å². The molecule has 0 saturated heterocycles. The number of amides is 4. The van der Waals surface area contributed by atoms with Crippen molar-refractivity contribution in [1.29, 1.82) is 0 Å². The molecule has 0 saturated carbocycles. The molecule has 0 spiro atoms. The van der Waals surface area contributed by atoms with E-state index in [2.05, 4.69) is 21.3 Å². The zero-order valence-electron chi connectivity index (χ0n) is 26.2. The molecule has 1 aromatic carbocycles. The zero-order valence-corrected chi connectivity index (χ0v) is 26.2. The number of hydrogen-bond donors (Lipinski definition) is 7. The van der Waals surface area contributed by atoms with Crippen molar-refractivity contribution in [3.8, 4) is 0 Å². The number of carbonyl (C=O) groups excluding carboxylic acids is 4. The number of rotatable bonds is 14. The van der Waals surface area contributed by atoms with Gasteiger partial charge in [0.1, 0.15) is 23.8 Å². The van der Waals surface area contributed by atoms with Gasteiger partial charge in [0.2, 0.25) is 23.5 Å². The highest BCUT2D eigenvalue weighted by molar-refractivity contribution is 5.95. The lowest BCUT2D eigenvalue weighted by atomic mass is 9.93. The van der Waals surface area contributed by atoms with Crippen LogP contribution >= 0.6 is 0 Å². The van der Waals surface area contributed by atoms with Crippen molar-refractivity contribution >= 4 is 23.6 Å². The SMILES string of the molecule is Cc1ccc(CC(C)(C)NC(=O)[C@H](CC(C)C)NC(=O)[C@@H](NC(=O)[C@@H](N)CNC(=O)c2[nH]c(=O)[nH]c(=O)c2F)C(C)C)cc1. The van der Waals surface area contributed by atoms with E-state index in [0.717, 1.165) is 11.1 Å². The van der Waals surface area contributed by atoms with Crippen molar-refractivity contribution in [3.05, 3.63) is 67.7 Å².